The van der Waals surface area contributed by atoms with E-state index in [1.807, 2.05) is 13.1 Å². The number of rotatable bonds is 7. The van der Waals surface area contributed by atoms with Gasteiger partial charge in [0, 0.05) is 32.4 Å². The van der Waals surface area contributed by atoms with E-state index < -0.39 is 0 Å². The van der Waals surface area contributed by atoms with Crippen LogP contribution in [0, 0.1) is 5.92 Å². The summed E-state index contributed by atoms with van der Waals surface area (Å²) in [6.07, 6.45) is 5.31. The van der Waals surface area contributed by atoms with Crippen molar-refractivity contribution in [1.82, 2.24) is 14.9 Å². The fourth-order valence-electron chi connectivity index (χ4n) is 3.58. The number of anilines is 2. The monoisotopic (exact) mass is 353 g/mol. The number of hydrogen-bond donors (Lipinski definition) is 2. The minimum Gasteiger partial charge on any atom is -0.373 e. The van der Waals surface area contributed by atoms with Crippen LogP contribution in [0.5, 0.6) is 0 Å². The molecule has 0 amide bonds. The van der Waals surface area contributed by atoms with E-state index in [1.165, 1.54) is 17.5 Å². The Labute approximate surface area is 157 Å². The maximum atomic E-state index is 4.48. The maximum absolute atomic E-state index is 4.48. The topological polar surface area (TPSA) is 53.1 Å². The summed E-state index contributed by atoms with van der Waals surface area (Å²) in [5, 5.41) is 6.56. The highest BCUT2D eigenvalue weighted by atomic mass is 15.2. The number of benzene rings is 1. The van der Waals surface area contributed by atoms with Gasteiger partial charge in [0.1, 0.15) is 5.82 Å². The first-order valence-corrected chi connectivity index (χ1v) is 9.70. The van der Waals surface area contributed by atoms with E-state index in [2.05, 4.69) is 63.6 Å². The van der Waals surface area contributed by atoms with Crippen molar-refractivity contribution in [2.45, 2.75) is 45.7 Å². The maximum Gasteiger partial charge on any atom is 0.224 e. The molecule has 0 saturated carbocycles. The van der Waals surface area contributed by atoms with E-state index in [9.17, 15) is 0 Å². The van der Waals surface area contributed by atoms with Crippen molar-refractivity contribution in [1.29, 1.82) is 0 Å². The molecule has 1 aliphatic rings. The molecule has 0 bridgehead atoms. The highest BCUT2D eigenvalue weighted by Gasteiger charge is 2.20. The zero-order valence-electron chi connectivity index (χ0n) is 16.2. The molecule has 5 nitrogen and oxygen atoms in total. The summed E-state index contributed by atoms with van der Waals surface area (Å²) in [6.45, 7) is 7.73. The SMILES string of the molecule is CNc1ccnc(N[C@@H]2CCCN(Cc3ccc(CC(C)C)cc3)C2)n1. The molecule has 1 saturated heterocycles. The first-order valence-electron chi connectivity index (χ1n) is 9.70. The van der Waals surface area contributed by atoms with Crippen LogP contribution in [0.1, 0.15) is 37.8 Å². The molecule has 0 spiro atoms. The van der Waals surface area contributed by atoms with Crippen molar-refractivity contribution in [2.75, 3.05) is 30.8 Å². The second-order valence-electron chi connectivity index (χ2n) is 7.65. The molecule has 1 atom stereocenters. The average molecular weight is 354 g/mol. The van der Waals surface area contributed by atoms with E-state index in [1.54, 1.807) is 6.20 Å². The van der Waals surface area contributed by atoms with Crippen LogP contribution in [-0.2, 0) is 13.0 Å². The predicted octanol–water partition coefficient (Wildman–Crippen LogP) is 3.79. The van der Waals surface area contributed by atoms with Gasteiger partial charge in [0.15, 0.2) is 0 Å². The Morgan fingerprint density at radius 3 is 2.65 bits per heavy atom. The Kier molecular flexibility index (Phi) is 6.45. The third-order valence-corrected chi connectivity index (χ3v) is 4.82. The molecule has 0 aliphatic carbocycles. The van der Waals surface area contributed by atoms with Gasteiger partial charge in [0.05, 0.1) is 0 Å². The Balaban J connectivity index is 1.54. The number of aromatic nitrogens is 2. The summed E-state index contributed by atoms with van der Waals surface area (Å²) in [5.41, 5.74) is 2.83. The van der Waals surface area contributed by atoms with Gasteiger partial charge < -0.3 is 10.6 Å². The van der Waals surface area contributed by atoms with Crippen LogP contribution < -0.4 is 10.6 Å². The van der Waals surface area contributed by atoms with Crippen molar-refractivity contribution < 1.29 is 0 Å². The van der Waals surface area contributed by atoms with Gasteiger partial charge in [-0.25, -0.2) is 4.98 Å². The standard InChI is InChI=1S/C21H31N5/c1-16(2)13-17-6-8-18(9-7-17)14-26-12-4-5-19(15-26)24-21-23-11-10-20(22-3)25-21/h6-11,16,19H,4-5,12-15H2,1-3H3,(H2,22,23,24,25)/t19-/m1/s1. The summed E-state index contributed by atoms with van der Waals surface area (Å²) >= 11 is 0. The van der Waals surface area contributed by atoms with Crippen molar-refractivity contribution in [3.63, 3.8) is 0 Å². The summed E-state index contributed by atoms with van der Waals surface area (Å²) in [6, 6.07) is 11.4. The van der Waals surface area contributed by atoms with Crippen molar-refractivity contribution in [3.05, 3.63) is 47.7 Å². The first-order chi connectivity index (χ1) is 12.6. The molecule has 26 heavy (non-hydrogen) atoms. The van der Waals surface area contributed by atoms with E-state index in [4.69, 9.17) is 0 Å². The smallest absolute Gasteiger partial charge is 0.224 e. The van der Waals surface area contributed by atoms with Gasteiger partial charge in [-0.2, -0.15) is 4.98 Å². The number of nitrogens with one attached hydrogen (secondary N) is 2. The molecule has 0 radical (unpaired) electrons. The third kappa shape index (κ3) is 5.43. The van der Waals surface area contributed by atoms with E-state index in [0.29, 0.717) is 17.9 Å². The van der Waals surface area contributed by atoms with Crippen LogP contribution >= 0.6 is 0 Å². The molecule has 1 aromatic carbocycles. The molecule has 0 unspecified atom stereocenters. The molecular formula is C21H31N5. The van der Waals surface area contributed by atoms with Gasteiger partial charge in [-0.15, -0.1) is 0 Å². The largest absolute Gasteiger partial charge is 0.373 e. The van der Waals surface area contributed by atoms with Crippen molar-refractivity contribution >= 4 is 11.8 Å². The molecule has 1 aromatic heterocycles. The lowest BCUT2D eigenvalue weighted by Gasteiger charge is -2.33. The summed E-state index contributed by atoms with van der Waals surface area (Å²) in [5.74, 6) is 2.26. The normalized spacial score (nSPS) is 18.1. The van der Waals surface area contributed by atoms with Gasteiger partial charge in [-0.3, -0.25) is 4.90 Å². The molecule has 2 heterocycles. The van der Waals surface area contributed by atoms with E-state index >= 15 is 0 Å². The van der Waals surface area contributed by atoms with Crippen LogP contribution in [0.15, 0.2) is 36.5 Å². The highest BCUT2D eigenvalue weighted by molar-refractivity contribution is 5.39. The molecule has 3 rings (SSSR count). The molecule has 2 aromatic rings. The number of likely N-dealkylation sites (tertiary alicyclic amines) is 1. The minimum atomic E-state index is 0.399. The van der Waals surface area contributed by atoms with Gasteiger partial charge in [0.2, 0.25) is 5.95 Å². The van der Waals surface area contributed by atoms with E-state index in [0.717, 1.165) is 38.3 Å². The van der Waals surface area contributed by atoms with Gasteiger partial charge in [-0.1, -0.05) is 38.1 Å². The lowest BCUT2D eigenvalue weighted by atomic mass is 10.0. The third-order valence-electron chi connectivity index (χ3n) is 4.82. The lowest BCUT2D eigenvalue weighted by molar-refractivity contribution is 0.208. The molecule has 5 heteroatoms. The Hall–Kier alpha value is -2.14. The molecule has 2 N–H and O–H groups in total. The first kappa shape index (κ1) is 18.6. The summed E-state index contributed by atoms with van der Waals surface area (Å²) in [7, 11) is 1.88. The number of piperidine rings is 1. The van der Waals surface area contributed by atoms with E-state index in [-0.39, 0.29) is 0 Å². The fraction of sp³-hybridized carbons (Fsp3) is 0.524. The average Bonchev–Trinajstić information content (AvgIpc) is 2.63. The Morgan fingerprint density at radius 2 is 1.92 bits per heavy atom. The second-order valence-corrected chi connectivity index (χ2v) is 7.65. The van der Waals surface area contributed by atoms with Crippen LogP contribution in [0.25, 0.3) is 0 Å². The lowest BCUT2D eigenvalue weighted by Crippen LogP contribution is -2.41. The molecule has 140 valence electrons. The Morgan fingerprint density at radius 1 is 1.15 bits per heavy atom. The molecule has 1 aliphatic heterocycles. The predicted molar refractivity (Wildman–Crippen MR) is 108 cm³/mol. The van der Waals surface area contributed by atoms with Crippen molar-refractivity contribution in [2.24, 2.45) is 5.92 Å². The summed E-state index contributed by atoms with van der Waals surface area (Å²) < 4.78 is 0. The van der Waals surface area contributed by atoms with Gasteiger partial charge in [0.25, 0.3) is 0 Å². The summed E-state index contributed by atoms with van der Waals surface area (Å²) in [4.78, 5) is 11.3. The van der Waals surface area contributed by atoms with Crippen LogP contribution in [0.2, 0.25) is 0 Å². The van der Waals surface area contributed by atoms with Crippen LogP contribution in [-0.4, -0.2) is 41.0 Å². The van der Waals surface area contributed by atoms with Crippen molar-refractivity contribution in [3.8, 4) is 0 Å². The fourth-order valence-corrected chi connectivity index (χ4v) is 3.58. The zero-order chi connectivity index (χ0) is 18.4. The minimum absolute atomic E-state index is 0.399. The number of nitrogens with zero attached hydrogens (tertiary/aromatic N) is 3. The number of hydrogen-bond acceptors (Lipinski definition) is 5. The Bertz CT molecular complexity index is 683. The highest BCUT2D eigenvalue weighted by Crippen LogP contribution is 2.18. The molecule has 1 fully saturated rings. The zero-order valence-corrected chi connectivity index (χ0v) is 16.2. The van der Waals surface area contributed by atoms with Gasteiger partial charge in [-0.05, 0) is 48.9 Å². The van der Waals surface area contributed by atoms with Gasteiger partial charge >= 0.3 is 0 Å². The second kappa shape index (κ2) is 8.99. The van der Waals surface area contributed by atoms with Crippen LogP contribution in [0.3, 0.4) is 0 Å². The van der Waals surface area contributed by atoms with Crippen LogP contribution in [0.4, 0.5) is 11.8 Å². The molecular weight excluding hydrogens is 322 g/mol. The quantitative estimate of drug-likeness (QED) is 0.793.